The van der Waals surface area contributed by atoms with Crippen LogP contribution in [0, 0.1) is 70.1 Å². The number of likely N-dealkylation sites (N-methyl/N-ethyl adjacent to an activating group) is 3. The van der Waals surface area contributed by atoms with E-state index in [2.05, 4.69) is 189 Å². The second-order valence-electron chi connectivity index (χ2n) is 25.9. The average Bonchev–Trinajstić information content (AvgIpc) is 0.856. The van der Waals surface area contributed by atoms with Crippen LogP contribution in [0.25, 0.3) is 0 Å². The van der Waals surface area contributed by atoms with E-state index in [0.29, 0.717) is 36.0 Å². The summed E-state index contributed by atoms with van der Waals surface area (Å²) in [6.07, 6.45) is 7.80. The van der Waals surface area contributed by atoms with Gasteiger partial charge in [-0.05, 0) is 131 Å². The average molecular weight is 1480 g/mol. The maximum atomic E-state index is 12.9. The fourth-order valence-corrected chi connectivity index (χ4v) is 11.6. The molecule has 0 spiro atoms. The summed E-state index contributed by atoms with van der Waals surface area (Å²) in [4.78, 5) is 69.9. The van der Waals surface area contributed by atoms with Crippen molar-refractivity contribution in [2.24, 2.45) is 0 Å². The third kappa shape index (κ3) is 32.3. The van der Waals surface area contributed by atoms with E-state index in [1.807, 2.05) is 190 Å². The number of benzene rings is 6. The lowest BCUT2D eigenvalue weighted by Gasteiger charge is -2.32. The van der Waals surface area contributed by atoms with Gasteiger partial charge in [0.2, 0.25) is 0 Å². The minimum absolute atomic E-state index is 0.0969. The Labute approximate surface area is 661 Å². The monoisotopic (exact) mass is 1480 g/mol. The number of carbonyl (C=O) groups excluding carboxylic acids is 3. The number of aromatic nitrogens is 6. The molecule has 0 aliphatic carbocycles. The topological polar surface area (TPSA) is 148 Å². The molecular formula is C95H124N12O3. The molecule has 0 saturated carbocycles. The highest BCUT2D eigenvalue weighted by Crippen LogP contribution is 2.19. The number of hydrogen-bond acceptors (Lipinski definition) is 15. The molecule has 15 nitrogen and oxygen atoms in total. The molecule has 6 aromatic carbocycles. The van der Waals surface area contributed by atoms with Crippen molar-refractivity contribution in [2.45, 2.75) is 157 Å². The van der Waals surface area contributed by atoms with Crippen molar-refractivity contribution in [2.75, 3.05) is 99.7 Å². The zero-order valence-corrected chi connectivity index (χ0v) is 70.0. The summed E-state index contributed by atoms with van der Waals surface area (Å²) < 4.78 is 0. The lowest BCUT2D eigenvalue weighted by atomic mass is 10.00. The molecule has 6 heterocycles. The number of rotatable bonds is 15. The van der Waals surface area contributed by atoms with E-state index in [0.717, 1.165) is 177 Å². The first-order valence-corrected chi connectivity index (χ1v) is 39.8. The van der Waals surface area contributed by atoms with Crippen LogP contribution >= 0.6 is 0 Å². The highest BCUT2D eigenvalue weighted by Gasteiger charge is 2.18. The van der Waals surface area contributed by atoms with Crippen LogP contribution in [0.5, 0.6) is 0 Å². The molecule has 0 unspecified atom stereocenters. The first-order valence-electron chi connectivity index (χ1n) is 39.8. The highest BCUT2D eigenvalue weighted by atomic mass is 16.1. The molecule has 15 heteroatoms. The summed E-state index contributed by atoms with van der Waals surface area (Å²) in [5.74, 6) is 19.8. The van der Waals surface area contributed by atoms with Crippen molar-refractivity contribution in [3.05, 3.63) is 282 Å². The first-order chi connectivity index (χ1) is 53.5. The first kappa shape index (κ1) is 92.4. The van der Waals surface area contributed by atoms with Gasteiger partial charge in [-0.1, -0.05) is 228 Å². The van der Waals surface area contributed by atoms with Crippen LogP contribution in [0.15, 0.2) is 171 Å². The van der Waals surface area contributed by atoms with E-state index >= 15 is 0 Å². The third-order valence-electron chi connectivity index (χ3n) is 18.1. The molecule has 12 rings (SSSR count). The smallest absolute Gasteiger partial charge is 0.167 e. The number of aryl methyl sites for hydroxylation is 4. The Bertz CT molecular complexity index is 4400. The van der Waals surface area contributed by atoms with E-state index < -0.39 is 0 Å². The molecule has 9 aromatic rings. The molecule has 0 N–H and O–H groups in total. The summed E-state index contributed by atoms with van der Waals surface area (Å²) >= 11 is 0. The Morgan fingerprint density at radius 1 is 0.345 bits per heavy atom. The van der Waals surface area contributed by atoms with Gasteiger partial charge in [0.25, 0.3) is 0 Å². The van der Waals surface area contributed by atoms with Crippen LogP contribution in [-0.4, -0.2) is 177 Å². The summed E-state index contributed by atoms with van der Waals surface area (Å²) in [5.41, 5.74) is 17.5. The predicted molar refractivity (Wildman–Crippen MR) is 457 cm³/mol. The Hall–Kier alpha value is -9.99. The highest BCUT2D eigenvalue weighted by molar-refractivity contribution is 5.99. The van der Waals surface area contributed by atoms with E-state index in [1.54, 1.807) is 18.6 Å². The lowest BCUT2D eigenvalue weighted by Crippen LogP contribution is -2.43. The number of carbonyl (C=O) groups is 3. The number of Topliss-reactive ketones (excluding diaryl/α,β-unsaturated/α-hetero) is 3. The van der Waals surface area contributed by atoms with Crippen LogP contribution in [0.3, 0.4) is 0 Å². The van der Waals surface area contributed by atoms with Crippen LogP contribution in [0.2, 0.25) is 0 Å². The maximum absolute atomic E-state index is 12.9. The fraction of sp³-hybridized carbons (Fsp3) is 0.400. The second kappa shape index (κ2) is 52.2. The standard InChI is InChI=1S/2C28H30N4O.C27H28N4O.6C2H6/c1-21-27(19-29-22(2)30-21)12-11-23-5-4-6-26(17-23)28(33)18-24-7-9-25(10-8-24)20-32-15-13-31(3)14-16-32;1-21-22(2)30-29-19-27(21)12-11-23-5-4-6-26(17-23)28(33)18-24-7-9-25(10-8-24)20-32-15-13-31(3)14-16-32;1-21-26(18-28-20-29-21)11-10-22-4-3-5-25(16-22)27(32)17-23-6-8-24(9-7-23)19-31-14-12-30(2)13-15-31;6*1-2/h2*4-10,17,19H,13-16,18,20H2,1-3H3;3-9,16,18,20H,12-15,17,19H2,1-2H3;6*1-2H3. The second-order valence-corrected chi connectivity index (χ2v) is 25.9. The molecule has 3 aromatic heterocycles. The van der Waals surface area contributed by atoms with E-state index in [-0.39, 0.29) is 17.3 Å². The Kier molecular flexibility index (Phi) is 43.8. The van der Waals surface area contributed by atoms with E-state index in [9.17, 15) is 14.4 Å². The minimum Gasteiger partial charge on any atom is -0.304 e. The molecule has 110 heavy (non-hydrogen) atoms. The van der Waals surface area contributed by atoms with Gasteiger partial charge in [0, 0.05) is 169 Å². The third-order valence-corrected chi connectivity index (χ3v) is 18.1. The maximum Gasteiger partial charge on any atom is 0.167 e. The van der Waals surface area contributed by atoms with Crippen molar-refractivity contribution in [1.29, 1.82) is 0 Å². The van der Waals surface area contributed by atoms with Crippen molar-refractivity contribution in [3.8, 4) is 35.5 Å². The van der Waals surface area contributed by atoms with Crippen LogP contribution in [0.4, 0.5) is 0 Å². The fourth-order valence-electron chi connectivity index (χ4n) is 11.6. The van der Waals surface area contributed by atoms with Gasteiger partial charge in [0.1, 0.15) is 12.2 Å². The van der Waals surface area contributed by atoms with Gasteiger partial charge in [0.15, 0.2) is 17.3 Å². The minimum atomic E-state index is 0.0969. The summed E-state index contributed by atoms with van der Waals surface area (Å²) in [6.45, 7) is 49.8. The molecular weight excluding hydrogens is 1360 g/mol. The van der Waals surface area contributed by atoms with Gasteiger partial charge in [-0.3, -0.25) is 29.1 Å². The van der Waals surface area contributed by atoms with E-state index in [1.165, 1.54) is 23.0 Å². The van der Waals surface area contributed by atoms with Gasteiger partial charge in [-0.2, -0.15) is 10.2 Å². The molecule has 0 radical (unpaired) electrons. The largest absolute Gasteiger partial charge is 0.304 e. The van der Waals surface area contributed by atoms with Crippen LogP contribution < -0.4 is 0 Å². The summed E-state index contributed by atoms with van der Waals surface area (Å²) in [6, 6.07) is 47.9. The molecule has 3 fully saturated rings. The van der Waals surface area contributed by atoms with Crippen molar-refractivity contribution in [1.82, 2.24) is 59.5 Å². The lowest BCUT2D eigenvalue weighted by molar-refractivity contribution is 0.0984. The predicted octanol–water partition coefficient (Wildman–Crippen LogP) is 16.8. The van der Waals surface area contributed by atoms with Crippen molar-refractivity contribution < 1.29 is 14.4 Å². The molecule has 3 aliphatic rings. The zero-order valence-electron chi connectivity index (χ0n) is 70.0. The molecule has 0 amide bonds. The number of nitrogens with zero attached hydrogens (tertiary/aromatic N) is 12. The SMILES string of the molecule is CC.CC.CC.CC.CC.CC.Cc1ncc(C#Cc2cccc(C(=O)Cc3ccc(CN4CCN(C)CC4)cc3)c2)c(C)n1.Cc1ncncc1C#Cc1cccc(C(=O)Cc2ccc(CN3CCN(C)CC3)cc2)c1.Cc1nncc(C#Cc2cccc(C(=O)Cc3ccc(CN4CCN(C)CC4)cc3)c2)c1C. The molecule has 3 aliphatic heterocycles. The molecule has 0 atom stereocenters. The van der Waals surface area contributed by atoms with Gasteiger partial charge >= 0.3 is 0 Å². The zero-order chi connectivity index (χ0) is 80.8. The van der Waals surface area contributed by atoms with Crippen molar-refractivity contribution >= 4 is 17.3 Å². The summed E-state index contributed by atoms with van der Waals surface area (Å²) in [5, 5.41) is 8.02. The Morgan fingerprint density at radius 2 is 0.664 bits per heavy atom. The summed E-state index contributed by atoms with van der Waals surface area (Å²) in [7, 11) is 6.52. The number of ketones is 3. The van der Waals surface area contributed by atoms with Crippen molar-refractivity contribution in [3.63, 3.8) is 0 Å². The van der Waals surface area contributed by atoms with Gasteiger partial charge < -0.3 is 14.7 Å². The van der Waals surface area contributed by atoms with Gasteiger partial charge in [0.05, 0.1) is 34.4 Å². The number of piperazine rings is 3. The van der Waals surface area contributed by atoms with Gasteiger partial charge in [-0.25, -0.2) is 19.9 Å². The molecule has 3 saturated heterocycles. The quantitative estimate of drug-likeness (QED) is 0.0707. The Balaban J connectivity index is 0.000000325. The molecule has 582 valence electrons. The molecule has 0 bridgehead atoms. The van der Waals surface area contributed by atoms with Gasteiger partial charge in [-0.15, -0.1) is 0 Å². The normalized spacial score (nSPS) is 13.3. The van der Waals surface area contributed by atoms with E-state index in [4.69, 9.17) is 0 Å². The van der Waals surface area contributed by atoms with Crippen LogP contribution in [0.1, 0.15) is 209 Å². The number of hydrogen-bond donors (Lipinski definition) is 0. The van der Waals surface area contributed by atoms with Crippen LogP contribution in [-0.2, 0) is 38.9 Å². The Morgan fingerprint density at radius 3 is 0.991 bits per heavy atom.